The molecule has 1 aromatic heterocycles. The predicted octanol–water partition coefficient (Wildman–Crippen LogP) is 3.71. The highest BCUT2D eigenvalue weighted by atomic mass is 19.1. The number of para-hydroxylation sites is 1. The maximum Gasteiger partial charge on any atom is 0.279 e. The van der Waals surface area contributed by atoms with Crippen molar-refractivity contribution in [2.45, 2.75) is 32.7 Å². The van der Waals surface area contributed by atoms with Gasteiger partial charge in [-0.15, -0.1) is 0 Å². The molecule has 1 aliphatic heterocycles. The highest BCUT2D eigenvalue weighted by Gasteiger charge is 2.29. The number of aromatic nitrogens is 2. The van der Waals surface area contributed by atoms with Gasteiger partial charge in [-0.05, 0) is 44.4 Å². The Labute approximate surface area is 156 Å². The van der Waals surface area contributed by atoms with Crippen molar-refractivity contribution >= 4 is 22.4 Å². The van der Waals surface area contributed by atoms with Gasteiger partial charge < -0.3 is 4.90 Å². The summed E-state index contributed by atoms with van der Waals surface area (Å²) in [5.74, 6) is -0.798. The van der Waals surface area contributed by atoms with Crippen LogP contribution in [0.25, 0.3) is 10.8 Å². The molecule has 5 nitrogen and oxygen atoms in total. The summed E-state index contributed by atoms with van der Waals surface area (Å²) >= 11 is 0. The summed E-state index contributed by atoms with van der Waals surface area (Å²) in [5, 5.41) is 5.30. The SMILES string of the molecule is CC(C)n1nc(C(=O)N2CCCc3cccc(F)c32)c2ccccc2c1=O. The van der Waals surface area contributed by atoms with Crippen molar-refractivity contribution in [2.24, 2.45) is 0 Å². The standard InChI is InChI=1S/C21H20FN3O2/c1-13(2)25-20(26)16-10-4-3-9-15(16)18(23-25)21(27)24-12-6-8-14-7-5-11-17(22)19(14)24/h3-5,7,9-11,13H,6,8,12H2,1-2H3. The molecule has 0 aliphatic carbocycles. The molecule has 0 fully saturated rings. The molecule has 2 aromatic carbocycles. The highest BCUT2D eigenvalue weighted by molar-refractivity contribution is 6.12. The molecule has 0 bridgehead atoms. The van der Waals surface area contributed by atoms with Gasteiger partial charge >= 0.3 is 0 Å². The largest absolute Gasteiger partial charge is 0.304 e. The van der Waals surface area contributed by atoms with Crippen molar-refractivity contribution in [1.29, 1.82) is 0 Å². The van der Waals surface area contributed by atoms with Gasteiger partial charge in [0, 0.05) is 11.9 Å². The fourth-order valence-corrected chi connectivity index (χ4v) is 3.65. The molecule has 0 saturated carbocycles. The summed E-state index contributed by atoms with van der Waals surface area (Å²) in [4.78, 5) is 27.5. The lowest BCUT2D eigenvalue weighted by Gasteiger charge is -2.30. The van der Waals surface area contributed by atoms with Crippen molar-refractivity contribution < 1.29 is 9.18 Å². The fraction of sp³-hybridized carbons (Fsp3) is 0.286. The normalized spacial score (nSPS) is 13.9. The molecule has 1 aliphatic rings. The van der Waals surface area contributed by atoms with Gasteiger partial charge in [-0.1, -0.05) is 30.3 Å². The summed E-state index contributed by atoms with van der Waals surface area (Å²) in [6.45, 7) is 4.10. The van der Waals surface area contributed by atoms with Gasteiger partial charge in [0.2, 0.25) is 0 Å². The van der Waals surface area contributed by atoms with Crippen LogP contribution in [-0.2, 0) is 6.42 Å². The van der Waals surface area contributed by atoms with Crippen LogP contribution in [0.15, 0.2) is 47.3 Å². The lowest BCUT2D eigenvalue weighted by molar-refractivity contribution is 0.0978. The van der Waals surface area contributed by atoms with E-state index in [9.17, 15) is 14.0 Å². The van der Waals surface area contributed by atoms with E-state index in [2.05, 4.69) is 5.10 Å². The Morgan fingerprint density at radius 2 is 1.85 bits per heavy atom. The number of halogens is 1. The predicted molar refractivity (Wildman–Crippen MR) is 103 cm³/mol. The second-order valence-electron chi connectivity index (χ2n) is 7.05. The van der Waals surface area contributed by atoms with Crippen LogP contribution in [0.4, 0.5) is 10.1 Å². The third-order valence-electron chi connectivity index (χ3n) is 4.93. The fourth-order valence-electron chi connectivity index (χ4n) is 3.65. The molecule has 0 atom stereocenters. The molecule has 6 heteroatoms. The minimum absolute atomic E-state index is 0.176. The average molecular weight is 365 g/mol. The van der Waals surface area contributed by atoms with Crippen LogP contribution < -0.4 is 10.5 Å². The number of amides is 1. The molecule has 138 valence electrons. The number of carbonyl (C=O) groups excluding carboxylic acids is 1. The molecule has 4 rings (SSSR count). The second-order valence-corrected chi connectivity index (χ2v) is 7.05. The number of nitrogens with zero attached hydrogens (tertiary/aromatic N) is 3. The first-order chi connectivity index (χ1) is 13.0. The Kier molecular flexibility index (Phi) is 4.26. The van der Waals surface area contributed by atoms with Crippen molar-refractivity contribution in [1.82, 2.24) is 9.78 Å². The quantitative estimate of drug-likeness (QED) is 0.696. The monoisotopic (exact) mass is 365 g/mol. The summed E-state index contributed by atoms with van der Waals surface area (Å²) in [6, 6.07) is 11.6. The van der Waals surface area contributed by atoms with Crippen LogP contribution in [0.3, 0.4) is 0 Å². The number of carbonyl (C=O) groups is 1. The number of anilines is 1. The van der Waals surface area contributed by atoms with Gasteiger partial charge in [0.25, 0.3) is 11.5 Å². The van der Waals surface area contributed by atoms with Gasteiger partial charge in [0.05, 0.1) is 17.1 Å². The Bertz CT molecular complexity index is 1100. The maximum absolute atomic E-state index is 14.5. The minimum Gasteiger partial charge on any atom is -0.304 e. The summed E-state index contributed by atoms with van der Waals surface area (Å²) in [7, 11) is 0. The van der Waals surface area contributed by atoms with Crippen LogP contribution in [0.2, 0.25) is 0 Å². The third kappa shape index (κ3) is 2.81. The molecule has 3 aromatic rings. The molecule has 0 N–H and O–H groups in total. The maximum atomic E-state index is 14.5. The van der Waals surface area contributed by atoms with E-state index in [1.54, 1.807) is 30.3 Å². The molecule has 0 spiro atoms. The van der Waals surface area contributed by atoms with Crippen LogP contribution in [-0.4, -0.2) is 22.2 Å². The summed E-state index contributed by atoms with van der Waals surface area (Å²) in [6.07, 6.45) is 1.49. The number of hydrogen-bond acceptors (Lipinski definition) is 3. The van der Waals surface area contributed by atoms with Gasteiger partial charge in [-0.3, -0.25) is 9.59 Å². The van der Waals surface area contributed by atoms with E-state index < -0.39 is 5.82 Å². The second kappa shape index (κ2) is 6.61. The third-order valence-corrected chi connectivity index (χ3v) is 4.93. The summed E-state index contributed by atoms with van der Waals surface area (Å²) in [5.41, 5.74) is 1.08. The first-order valence-corrected chi connectivity index (χ1v) is 9.10. The zero-order chi connectivity index (χ0) is 19.1. The van der Waals surface area contributed by atoms with Crippen LogP contribution in [0.5, 0.6) is 0 Å². The molecule has 0 saturated heterocycles. The first kappa shape index (κ1) is 17.4. The van der Waals surface area contributed by atoms with Gasteiger partial charge in [-0.25, -0.2) is 9.07 Å². The van der Waals surface area contributed by atoms with Gasteiger partial charge in [-0.2, -0.15) is 5.10 Å². The van der Waals surface area contributed by atoms with E-state index in [4.69, 9.17) is 0 Å². The number of hydrogen-bond donors (Lipinski definition) is 0. The Hall–Kier alpha value is -3.02. The van der Waals surface area contributed by atoms with Crippen LogP contribution >= 0.6 is 0 Å². The zero-order valence-electron chi connectivity index (χ0n) is 15.3. The minimum atomic E-state index is -0.415. The zero-order valence-corrected chi connectivity index (χ0v) is 15.3. The van der Waals surface area contributed by atoms with E-state index in [1.165, 1.54) is 15.6 Å². The number of rotatable bonds is 2. The summed E-state index contributed by atoms with van der Waals surface area (Å²) < 4.78 is 15.8. The number of fused-ring (bicyclic) bond motifs is 2. The molecule has 0 radical (unpaired) electrons. The van der Waals surface area contributed by atoms with Gasteiger partial charge in [0.1, 0.15) is 5.82 Å². The smallest absolute Gasteiger partial charge is 0.279 e. The van der Waals surface area contributed by atoms with Gasteiger partial charge in [0.15, 0.2) is 5.69 Å². The number of aryl methyl sites for hydroxylation is 1. The Morgan fingerprint density at radius 1 is 1.11 bits per heavy atom. The van der Waals surface area contributed by atoms with Crippen molar-refractivity contribution in [2.75, 3.05) is 11.4 Å². The lowest BCUT2D eigenvalue weighted by Crippen LogP contribution is -2.38. The molecule has 27 heavy (non-hydrogen) atoms. The van der Waals surface area contributed by atoms with Crippen molar-refractivity contribution in [3.8, 4) is 0 Å². The molecule has 2 heterocycles. The Morgan fingerprint density at radius 3 is 2.59 bits per heavy atom. The molecule has 0 unspecified atom stereocenters. The average Bonchev–Trinajstić information content (AvgIpc) is 2.67. The Balaban J connectivity index is 1.93. The number of benzene rings is 2. The topological polar surface area (TPSA) is 55.2 Å². The lowest BCUT2D eigenvalue weighted by atomic mass is 10.0. The molecule has 1 amide bonds. The van der Waals surface area contributed by atoms with E-state index >= 15 is 0 Å². The van der Waals surface area contributed by atoms with E-state index in [0.717, 1.165) is 18.4 Å². The highest BCUT2D eigenvalue weighted by Crippen LogP contribution is 2.31. The molecular formula is C21H20FN3O2. The van der Waals surface area contributed by atoms with E-state index in [0.29, 0.717) is 23.0 Å². The van der Waals surface area contributed by atoms with E-state index in [-0.39, 0.29) is 23.2 Å². The van der Waals surface area contributed by atoms with Crippen molar-refractivity contribution in [3.63, 3.8) is 0 Å². The first-order valence-electron chi connectivity index (χ1n) is 9.10. The molecular weight excluding hydrogens is 345 g/mol. The van der Waals surface area contributed by atoms with Crippen LogP contribution in [0.1, 0.15) is 42.4 Å². The van der Waals surface area contributed by atoms with Crippen LogP contribution in [0, 0.1) is 5.82 Å². The van der Waals surface area contributed by atoms with Crippen molar-refractivity contribution in [3.05, 3.63) is 69.9 Å². The van der Waals surface area contributed by atoms with E-state index in [1.807, 2.05) is 19.9 Å².